The lowest BCUT2D eigenvalue weighted by Crippen LogP contribution is -2.48. The van der Waals surface area contributed by atoms with E-state index in [0.717, 1.165) is 11.5 Å². The van der Waals surface area contributed by atoms with E-state index < -0.39 is 10.0 Å². The zero-order valence-electron chi connectivity index (χ0n) is 17.2. The summed E-state index contributed by atoms with van der Waals surface area (Å²) in [5, 5.41) is 11.7. The van der Waals surface area contributed by atoms with Gasteiger partial charge in [0.2, 0.25) is 10.0 Å². The minimum absolute atomic E-state index is 0.274. The van der Waals surface area contributed by atoms with Crippen molar-refractivity contribution in [3.63, 3.8) is 0 Å². The number of pyridine rings is 1. The first-order chi connectivity index (χ1) is 15.1. The average molecular weight is 441 g/mol. The van der Waals surface area contributed by atoms with Crippen molar-refractivity contribution in [2.75, 3.05) is 43.0 Å². The number of hydrogen-bond donors (Lipinski definition) is 1. The van der Waals surface area contributed by atoms with Gasteiger partial charge in [0.25, 0.3) is 0 Å². The number of piperazine rings is 1. The van der Waals surface area contributed by atoms with E-state index >= 15 is 0 Å². The Morgan fingerprint density at radius 2 is 1.65 bits per heavy atom. The molecule has 0 spiro atoms. The smallest absolute Gasteiger partial charge is 0.243 e. The van der Waals surface area contributed by atoms with Gasteiger partial charge in [-0.1, -0.05) is 0 Å². The summed E-state index contributed by atoms with van der Waals surface area (Å²) in [4.78, 5) is 6.29. The van der Waals surface area contributed by atoms with E-state index in [-0.39, 0.29) is 4.90 Å². The van der Waals surface area contributed by atoms with E-state index in [4.69, 9.17) is 4.74 Å². The van der Waals surface area contributed by atoms with Gasteiger partial charge < -0.3 is 15.0 Å². The fraction of sp³-hybridized carbons (Fsp3) is 0.286. The molecule has 1 aromatic carbocycles. The number of anilines is 3. The quantitative estimate of drug-likeness (QED) is 0.598. The Bertz CT molecular complexity index is 1080. The Hall–Kier alpha value is -3.24. The topological polar surface area (TPSA) is 101 Å². The molecule has 1 aliphatic heterocycles. The number of hydrogen-bond acceptors (Lipinski definition) is 8. The summed E-state index contributed by atoms with van der Waals surface area (Å²) in [7, 11) is -3.54. The molecule has 1 N–H and O–H groups in total. The number of nitrogens with zero attached hydrogens (tertiary/aromatic N) is 5. The molecule has 1 saturated heterocycles. The van der Waals surface area contributed by atoms with Gasteiger partial charge in [-0.3, -0.25) is 4.98 Å². The highest BCUT2D eigenvalue weighted by Gasteiger charge is 2.29. The molecule has 0 bridgehead atoms. The summed E-state index contributed by atoms with van der Waals surface area (Å²) in [5.74, 6) is 2.01. The summed E-state index contributed by atoms with van der Waals surface area (Å²) in [5.41, 5.74) is 0.880. The fourth-order valence-corrected chi connectivity index (χ4v) is 4.75. The van der Waals surface area contributed by atoms with Crippen LogP contribution in [0.15, 0.2) is 65.8 Å². The molecule has 2 aromatic heterocycles. The fourth-order valence-electron chi connectivity index (χ4n) is 3.32. The van der Waals surface area contributed by atoms with Crippen LogP contribution in [-0.2, 0) is 10.0 Å². The molecule has 0 atom stereocenters. The van der Waals surface area contributed by atoms with Crippen molar-refractivity contribution in [1.29, 1.82) is 0 Å². The van der Waals surface area contributed by atoms with Crippen LogP contribution in [0.2, 0.25) is 0 Å². The summed E-state index contributed by atoms with van der Waals surface area (Å²) >= 11 is 0. The molecule has 4 rings (SSSR count). The Morgan fingerprint density at radius 3 is 2.26 bits per heavy atom. The first kappa shape index (κ1) is 21.0. The summed E-state index contributed by atoms with van der Waals surface area (Å²) < 4.78 is 32.8. The van der Waals surface area contributed by atoms with E-state index in [1.54, 1.807) is 36.7 Å². The molecule has 0 saturated carbocycles. The van der Waals surface area contributed by atoms with Gasteiger partial charge in [0, 0.05) is 44.3 Å². The van der Waals surface area contributed by atoms with Gasteiger partial charge in [0.1, 0.15) is 5.75 Å². The van der Waals surface area contributed by atoms with Crippen LogP contribution in [-0.4, -0.2) is 60.7 Å². The van der Waals surface area contributed by atoms with E-state index in [1.807, 2.05) is 36.1 Å². The van der Waals surface area contributed by atoms with Gasteiger partial charge in [0.15, 0.2) is 11.6 Å². The molecule has 3 aromatic rings. The van der Waals surface area contributed by atoms with Gasteiger partial charge in [0.05, 0.1) is 11.5 Å². The predicted molar refractivity (Wildman–Crippen MR) is 118 cm³/mol. The average Bonchev–Trinajstić information content (AvgIpc) is 2.81. The van der Waals surface area contributed by atoms with Crippen molar-refractivity contribution in [3.8, 4) is 5.75 Å². The lowest BCUT2D eigenvalue weighted by atomic mass is 10.3. The van der Waals surface area contributed by atoms with Crippen LogP contribution >= 0.6 is 0 Å². The van der Waals surface area contributed by atoms with Gasteiger partial charge in [-0.05, 0) is 55.5 Å². The Morgan fingerprint density at radius 1 is 0.935 bits per heavy atom. The largest absolute Gasteiger partial charge is 0.494 e. The maximum absolute atomic E-state index is 12.9. The highest BCUT2D eigenvalue weighted by Crippen LogP contribution is 2.22. The second-order valence-corrected chi connectivity index (χ2v) is 8.87. The minimum atomic E-state index is -3.54. The van der Waals surface area contributed by atoms with Crippen molar-refractivity contribution < 1.29 is 13.2 Å². The Balaban J connectivity index is 1.36. The predicted octanol–water partition coefficient (Wildman–Crippen LogP) is 2.52. The van der Waals surface area contributed by atoms with E-state index in [9.17, 15) is 8.42 Å². The number of aromatic nitrogens is 3. The van der Waals surface area contributed by atoms with Crippen LogP contribution in [0.5, 0.6) is 5.75 Å². The standard InChI is InChI=1S/C21H24N6O3S/c1-2-30-18-3-5-19(6-4-18)31(28,29)27-15-13-26(14-16-27)21-8-7-20(24-25-21)23-17-9-11-22-12-10-17/h3-12H,2,13-16H2,1H3,(H,22,23,24). The van der Waals surface area contributed by atoms with Crippen molar-refractivity contribution in [2.24, 2.45) is 0 Å². The highest BCUT2D eigenvalue weighted by molar-refractivity contribution is 7.89. The number of ether oxygens (including phenoxy) is 1. The van der Waals surface area contributed by atoms with Crippen molar-refractivity contribution in [2.45, 2.75) is 11.8 Å². The molecular formula is C21H24N6O3S. The Labute approximate surface area is 181 Å². The molecule has 162 valence electrons. The first-order valence-electron chi connectivity index (χ1n) is 10.0. The highest BCUT2D eigenvalue weighted by atomic mass is 32.2. The van der Waals surface area contributed by atoms with Crippen LogP contribution in [0.25, 0.3) is 0 Å². The summed E-state index contributed by atoms with van der Waals surface area (Å²) in [6, 6.07) is 14.0. The molecule has 0 amide bonds. The van der Waals surface area contributed by atoms with Crippen molar-refractivity contribution >= 4 is 27.3 Å². The minimum Gasteiger partial charge on any atom is -0.494 e. The summed E-state index contributed by atoms with van der Waals surface area (Å²) in [6.07, 6.45) is 3.40. The van der Waals surface area contributed by atoms with Gasteiger partial charge >= 0.3 is 0 Å². The SMILES string of the molecule is CCOc1ccc(S(=O)(=O)N2CCN(c3ccc(Nc4ccncc4)nn3)CC2)cc1. The van der Waals surface area contributed by atoms with Crippen LogP contribution in [0, 0.1) is 0 Å². The monoisotopic (exact) mass is 440 g/mol. The van der Waals surface area contributed by atoms with Crippen LogP contribution < -0.4 is 15.0 Å². The number of benzene rings is 1. The Kier molecular flexibility index (Phi) is 6.28. The number of nitrogens with one attached hydrogen (secondary N) is 1. The second kappa shape index (κ2) is 9.27. The lowest BCUT2D eigenvalue weighted by molar-refractivity contribution is 0.340. The lowest BCUT2D eigenvalue weighted by Gasteiger charge is -2.34. The third-order valence-electron chi connectivity index (χ3n) is 4.94. The summed E-state index contributed by atoms with van der Waals surface area (Å²) in [6.45, 7) is 4.28. The zero-order chi connectivity index (χ0) is 21.7. The molecule has 31 heavy (non-hydrogen) atoms. The third-order valence-corrected chi connectivity index (χ3v) is 6.85. The maximum Gasteiger partial charge on any atom is 0.243 e. The normalized spacial score (nSPS) is 14.9. The molecule has 1 aliphatic rings. The number of sulfonamides is 1. The van der Waals surface area contributed by atoms with Crippen LogP contribution in [0.4, 0.5) is 17.3 Å². The van der Waals surface area contributed by atoms with Gasteiger partial charge in [-0.15, -0.1) is 10.2 Å². The van der Waals surface area contributed by atoms with Gasteiger partial charge in [-0.2, -0.15) is 4.31 Å². The third kappa shape index (κ3) is 4.92. The van der Waals surface area contributed by atoms with Crippen LogP contribution in [0.1, 0.15) is 6.92 Å². The molecule has 1 fully saturated rings. The van der Waals surface area contributed by atoms with E-state index in [1.165, 1.54) is 4.31 Å². The van der Waals surface area contributed by atoms with Crippen LogP contribution in [0.3, 0.4) is 0 Å². The molecule has 10 heteroatoms. The maximum atomic E-state index is 12.9. The van der Waals surface area contributed by atoms with E-state index in [0.29, 0.717) is 44.4 Å². The molecule has 9 nitrogen and oxygen atoms in total. The molecule has 0 radical (unpaired) electrons. The number of rotatable bonds is 7. The molecular weight excluding hydrogens is 416 g/mol. The first-order valence-corrected chi connectivity index (χ1v) is 11.5. The second-order valence-electron chi connectivity index (χ2n) is 6.93. The van der Waals surface area contributed by atoms with Gasteiger partial charge in [-0.25, -0.2) is 8.42 Å². The zero-order valence-corrected chi connectivity index (χ0v) is 18.0. The molecule has 0 aliphatic carbocycles. The van der Waals surface area contributed by atoms with Crippen molar-refractivity contribution in [3.05, 3.63) is 60.9 Å². The van der Waals surface area contributed by atoms with Crippen molar-refractivity contribution in [1.82, 2.24) is 19.5 Å². The molecule has 0 unspecified atom stereocenters. The molecule has 3 heterocycles. The van der Waals surface area contributed by atoms with E-state index in [2.05, 4.69) is 20.5 Å².